The first-order chi connectivity index (χ1) is 6.81. The van der Waals surface area contributed by atoms with Gasteiger partial charge < -0.3 is 15.0 Å². The predicted molar refractivity (Wildman–Crippen MR) is 66.3 cm³/mol. The fourth-order valence-electron chi connectivity index (χ4n) is 1.17. The van der Waals surface area contributed by atoms with Crippen molar-refractivity contribution in [3.05, 3.63) is 0 Å². The summed E-state index contributed by atoms with van der Waals surface area (Å²) >= 11 is 0. The Morgan fingerprint density at radius 3 is 2.33 bits per heavy atom. The maximum absolute atomic E-state index is 5.69. The zero-order valence-electron chi connectivity index (χ0n) is 11.3. The van der Waals surface area contributed by atoms with Crippen LogP contribution >= 0.6 is 0 Å². The van der Waals surface area contributed by atoms with E-state index in [9.17, 15) is 0 Å². The van der Waals surface area contributed by atoms with E-state index in [0.29, 0.717) is 6.10 Å². The molecule has 0 aliphatic rings. The van der Waals surface area contributed by atoms with Crippen LogP contribution in [0, 0.1) is 0 Å². The van der Waals surface area contributed by atoms with Gasteiger partial charge >= 0.3 is 0 Å². The average Bonchev–Trinajstić information content (AvgIpc) is 2.00. The lowest BCUT2D eigenvalue weighted by molar-refractivity contribution is 0.0500. The lowest BCUT2D eigenvalue weighted by Crippen LogP contribution is -2.37. The van der Waals surface area contributed by atoms with Crippen molar-refractivity contribution < 1.29 is 4.74 Å². The number of nitrogens with one attached hydrogen (secondary N) is 1. The van der Waals surface area contributed by atoms with Crippen LogP contribution in [-0.2, 0) is 4.74 Å². The van der Waals surface area contributed by atoms with Gasteiger partial charge in [-0.15, -0.1) is 0 Å². The van der Waals surface area contributed by atoms with Crippen molar-refractivity contribution in [3.63, 3.8) is 0 Å². The first kappa shape index (κ1) is 14.9. The minimum absolute atomic E-state index is 0.212. The third kappa shape index (κ3) is 11.8. The molecule has 0 rings (SSSR count). The number of likely N-dealkylation sites (N-methyl/N-ethyl adjacent to an activating group) is 1. The van der Waals surface area contributed by atoms with Gasteiger partial charge in [-0.3, -0.25) is 0 Å². The van der Waals surface area contributed by atoms with Crippen LogP contribution in [0.1, 0.15) is 34.1 Å². The molecule has 0 aromatic carbocycles. The second kappa shape index (κ2) is 7.20. The molecular formula is C12H28N2O. The SMILES string of the molecule is CC(CCNC(C)(C)C)OCCN(C)C. The van der Waals surface area contributed by atoms with Crippen molar-refractivity contribution in [2.75, 3.05) is 33.8 Å². The molecule has 0 heterocycles. The Kier molecular flexibility index (Phi) is 7.14. The Morgan fingerprint density at radius 1 is 1.27 bits per heavy atom. The molecule has 92 valence electrons. The lowest BCUT2D eigenvalue weighted by Gasteiger charge is -2.22. The summed E-state index contributed by atoms with van der Waals surface area (Å²) in [5.74, 6) is 0. The fourth-order valence-corrected chi connectivity index (χ4v) is 1.17. The smallest absolute Gasteiger partial charge is 0.0596 e. The first-order valence-corrected chi connectivity index (χ1v) is 5.82. The van der Waals surface area contributed by atoms with Gasteiger partial charge in [-0.2, -0.15) is 0 Å². The Morgan fingerprint density at radius 2 is 1.87 bits per heavy atom. The summed E-state index contributed by atoms with van der Waals surface area (Å²) in [5, 5.41) is 3.46. The third-order valence-electron chi connectivity index (χ3n) is 2.15. The largest absolute Gasteiger partial charge is 0.377 e. The summed E-state index contributed by atoms with van der Waals surface area (Å²) in [6.45, 7) is 11.5. The molecule has 0 spiro atoms. The number of ether oxygens (including phenoxy) is 1. The molecule has 0 aromatic heterocycles. The van der Waals surface area contributed by atoms with Crippen LogP contribution < -0.4 is 5.32 Å². The minimum atomic E-state index is 0.212. The molecule has 0 saturated carbocycles. The molecule has 0 aliphatic heterocycles. The molecule has 0 bridgehead atoms. The van der Waals surface area contributed by atoms with Crippen molar-refractivity contribution >= 4 is 0 Å². The molecule has 0 radical (unpaired) electrons. The highest BCUT2D eigenvalue weighted by Crippen LogP contribution is 2.01. The lowest BCUT2D eigenvalue weighted by atomic mass is 10.1. The molecule has 15 heavy (non-hydrogen) atoms. The van der Waals surface area contributed by atoms with Crippen LogP contribution in [-0.4, -0.2) is 50.3 Å². The van der Waals surface area contributed by atoms with E-state index in [0.717, 1.165) is 26.1 Å². The topological polar surface area (TPSA) is 24.5 Å². The molecule has 1 atom stereocenters. The molecule has 0 aromatic rings. The van der Waals surface area contributed by atoms with E-state index in [-0.39, 0.29) is 5.54 Å². The number of nitrogens with zero attached hydrogens (tertiary/aromatic N) is 1. The quantitative estimate of drug-likeness (QED) is 0.701. The second-order valence-corrected chi connectivity index (χ2v) is 5.45. The van der Waals surface area contributed by atoms with E-state index in [1.54, 1.807) is 0 Å². The number of hydrogen-bond acceptors (Lipinski definition) is 3. The minimum Gasteiger partial charge on any atom is -0.377 e. The van der Waals surface area contributed by atoms with Crippen molar-refractivity contribution in [1.29, 1.82) is 0 Å². The molecule has 3 heteroatoms. The van der Waals surface area contributed by atoms with Crippen LogP contribution in [0.3, 0.4) is 0 Å². The van der Waals surface area contributed by atoms with Crippen molar-refractivity contribution in [1.82, 2.24) is 10.2 Å². The van der Waals surface area contributed by atoms with Gasteiger partial charge in [-0.1, -0.05) is 0 Å². The normalized spacial score (nSPS) is 14.6. The molecule has 3 nitrogen and oxygen atoms in total. The monoisotopic (exact) mass is 216 g/mol. The second-order valence-electron chi connectivity index (χ2n) is 5.45. The van der Waals surface area contributed by atoms with Crippen molar-refractivity contribution in [3.8, 4) is 0 Å². The van der Waals surface area contributed by atoms with Gasteiger partial charge in [0, 0.05) is 12.1 Å². The predicted octanol–water partition coefficient (Wildman–Crippen LogP) is 1.73. The average molecular weight is 216 g/mol. The molecule has 1 N–H and O–H groups in total. The Balaban J connectivity index is 3.37. The summed E-state index contributed by atoms with van der Waals surface area (Å²) in [7, 11) is 4.13. The maximum atomic E-state index is 5.69. The van der Waals surface area contributed by atoms with E-state index < -0.39 is 0 Å². The molecule has 0 aliphatic carbocycles. The Labute approximate surface area is 95.2 Å². The van der Waals surface area contributed by atoms with E-state index in [2.05, 4.69) is 52.0 Å². The van der Waals surface area contributed by atoms with Crippen LogP contribution in [0.2, 0.25) is 0 Å². The molecule has 0 saturated heterocycles. The summed E-state index contributed by atoms with van der Waals surface area (Å²) in [6.07, 6.45) is 1.42. The molecule has 0 amide bonds. The maximum Gasteiger partial charge on any atom is 0.0596 e. The van der Waals surface area contributed by atoms with Gasteiger partial charge in [-0.25, -0.2) is 0 Å². The van der Waals surface area contributed by atoms with E-state index in [1.165, 1.54) is 0 Å². The Bertz CT molecular complexity index is 152. The zero-order chi connectivity index (χ0) is 11.9. The van der Waals surface area contributed by atoms with Gasteiger partial charge in [0.2, 0.25) is 0 Å². The van der Waals surface area contributed by atoms with Gasteiger partial charge in [0.15, 0.2) is 0 Å². The van der Waals surface area contributed by atoms with Gasteiger partial charge in [-0.05, 0) is 54.8 Å². The summed E-state index contributed by atoms with van der Waals surface area (Å²) in [5.41, 5.74) is 0.212. The van der Waals surface area contributed by atoms with Crippen molar-refractivity contribution in [2.24, 2.45) is 0 Å². The highest BCUT2D eigenvalue weighted by atomic mass is 16.5. The number of rotatable bonds is 7. The summed E-state index contributed by atoms with van der Waals surface area (Å²) in [6, 6.07) is 0. The summed E-state index contributed by atoms with van der Waals surface area (Å²) < 4.78 is 5.69. The highest BCUT2D eigenvalue weighted by Gasteiger charge is 2.09. The van der Waals surface area contributed by atoms with Crippen LogP contribution in [0.25, 0.3) is 0 Å². The van der Waals surface area contributed by atoms with E-state index >= 15 is 0 Å². The Hall–Kier alpha value is -0.120. The van der Waals surface area contributed by atoms with Gasteiger partial charge in [0.1, 0.15) is 0 Å². The molecule has 0 fully saturated rings. The fraction of sp³-hybridized carbons (Fsp3) is 1.00. The number of hydrogen-bond donors (Lipinski definition) is 1. The summed E-state index contributed by atoms with van der Waals surface area (Å²) in [4.78, 5) is 2.14. The van der Waals surface area contributed by atoms with Crippen molar-refractivity contribution in [2.45, 2.75) is 45.8 Å². The van der Waals surface area contributed by atoms with Crippen LogP contribution in [0.4, 0.5) is 0 Å². The highest BCUT2D eigenvalue weighted by molar-refractivity contribution is 4.70. The first-order valence-electron chi connectivity index (χ1n) is 5.82. The molecule has 1 unspecified atom stereocenters. The van der Waals surface area contributed by atoms with Gasteiger partial charge in [0.05, 0.1) is 12.7 Å². The van der Waals surface area contributed by atoms with Crippen LogP contribution in [0.15, 0.2) is 0 Å². The van der Waals surface area contributed by atoms with Gasteiger partial charge in [0.25, 0.3) is 0 Å². The van der Waals surface area contributed by atoms with Crippen LogP contribution in [0.5, 0.6) is 0 Å². The van der Waals surface area contributed by atoms with E-state index in [4.69, 9.17) is 4.74 Å². The standard InChI is InChI=1S/C12H28N2O/c1-11(15-10-9-14(5)6)7-8-13-12(2,3)4/h11,13H,7-10H2,1-6H3. The third-order valence-corrected chi connectivity index (χ3v) is 2.15. The molecular weight excluding hydrogens is 188 g/mol. The zero-order valence-corrected chi connectivity index (χ0v) is 11.3. The van der Waals surface area contributed by atoms with E-state index in [1.807, 2.05) is 0 Å².